The second-order valence-corrected chi connectivity index (χ2v) is 7.44. The van der Waals surface area contributed by atoms with Crippen LogP contribution in [0.5, 0.6) is 0 Å². The molecule has 2 unspecified atom stereocenters. The number of amides is 1. The van der Waals surface area contributed by atoms with Crippen LogP contribution in [0.3, 0.4) is 0 Å². The first-order chi connectivity index (χ1) is 9.35. The summed E-state index contributed by atoms with van der Waals surface area (Å²) in [5.74, 6) is 0.770. The second-order valence-electron chi connectivity index (χ2n) is 6.34. The van der Waals surface area contributed by atoms with Crippen molar-refractivity contribution in [1.29, 1.82) is 0 Å². The molecule has 0 aromatic carbocycles. The summed E-state index contributed by atoms with van der Waals surface area (Å²) in [6, 6.07) is 0. The minimum absolute atomic E-state index is 0.0330. The lowest BCUT2D eigenvalue weighted by atomic mass is 9.74. The predicted molar refractivity (Wildman–Crippen MR) is 82.9 cm³/mol. The van der Waals surface area contributed by atoms with Crippen LogP contribution in [0.4, 0.5) is 0 Å². The van der Waals surface area contributed by atoms with Gasteiger partial charge in [-0.25, -0.2) is 0 Å². The molecule has 1 fully saturated rings. The van der Waals surface area contributed by atoms with Crippen molar-refractivity contribution in [2.45, 2.75) is 58.4 Å². The Kier molecular flexibility index (Phi) is 6.86. The Bertz CT molecular complexity index is 346. The highest BCUT2D eigenvalue weighted by Gasteiger charge is 2.41. The number of carbonyl (C=O) groups is 2. The lowest BCUT2D eigenvalue weighted by Crippen LogP contribution is -2.55. The molecule has 0 aromatic rings. The average Bonchev–Trinajstić information content (AvgIpc) is 2.34. The maximum atomic E-state index is 12.0. The Labute approximate surface area is 126 Å². The molecular weight excluding hydrogens is 274 g/mol. The number of aliphatic carboxylic acids is 1. The maximum absolute atomic E-state index is 12.0. The standard InChI is InChI=1S/C15H27NO3S/c1-11(2)7-9-20-10-13(17)16-15(3)8-5-4-6-12(15)14(18)19/h11-12H,4-10H2,1-3H3,(H,16,17)(H,18,19). The zero-order chi connectivity index (χ0) is 15.2. The van der Waals surface area contributed by atoms with E-state index in [1.807, 2.05) is 6.92 Å². The normalized spacial score (nSPS) is 26.5. The van der Waals surface area contributed by atoms with Gasteiger partial charge in [-0.1, -0.05) is 26.7 Å². The van der Waals surface area contributed by atoms with E-state index in [1.54, 1.807) is 11.8 Å². The molecule has 2 atom stereocenters. The summed E-state index contributed by atoms with van der Waals surface area (Å²) < 4.78 is 0. The molecule has 1 saturated carbocycles. The van der Waals surface area contributed by atoms with Gasteiger partial charge in [-0.2, -0.15) is 11.8 Å². The van der Waals surface area contributed by atoms with Gasteiger partial charge < -0.3 is 10.4 Å². The Hall–Kier alpha value is -0.710. The molecular formula is C15H27NO3S. The largest absolute Gasteiger partial charge is 0.481 e. The molecule has 0 bridgehead atoms. The highest BCUT2D eigenvalue weighted by atomic mass is 32.2. The van der Waals surface area contributed by atoms with Crippen molar-refractivity contribution in [1.82, 2.24) is 5.32 Å². The summed E-state index contributed by atoms with van der Waals surface area (Å²) >= 11 is 1.63. The fourth-order valence-corrected chi connectivity index (χ4v) is 3.76. The molecule has 5 heteroatoms. The summed E-state index contributed by atoms with van der Waals surface area (Å²) in [5.41, 5.74) is -0.584. The molecule has 0 radical (unpaired) electrons. The highest BCUT2D eigenvalue weighted by molar-refractivity contribution is 7.99. The number of carboxylic acid groups (broad SMARTS) is 1. The van der Waals surface area contributed by atoms with Crippen LogP contribution in [0.25, 0.3) is 0 Å². The molecule has 1 rings (SSSR count). The van der Waals surface area contributed by atoms with Gasteiger partial charge in [0.25, 0.3) is 0 Å². The van der Waals surface area contributed by atoms with Gasteiger partial charge >= 0.3 is 5.97 Å². The predicted octanol–water partition coefficient (Wildman–Crippen LogP) is 2.92. The van der Waals surface area contributed by atoms with Gasteiger partial charge in [0.2, 0.25) is 5.91 Å². The van der Waals surface area contributed by atoms with Crippen LogP contribution in [-0.2, 0) is 9.59 Å². The van der Waals surface area contributed by atoms with Crippen LogP contribution in [-0.4, -0.2) is 34.0 Å². The summed E-state index contributed by atoms with van der Waals surface area (Å²) in [5, 5.41) is 12.3. The molecule has 0 aliphatic heterocycles. The minimum atomic E-state index is -0.792. The number of hydrogen-bond acceptors (Lipinski definition) is 3. The van der Waals surface area contributed by atoms with E-state index < -0.39 is 17.4 Å². The molecule has 1 aliphatic rings. The fourth-order valence-electron chi connectivity index (χ4n) is 2.72. The Balaban J connectivity index is 2.43. The van der Waals surface area contributed by atoms with Crippen LogP contribution < -0.4 is 5.32 Å². The van der Waals surface area contributed by atoms with E-state index in [1.165, 1.54) is 0 Å². The molecule has 0 heterocycles. The number of thioether (sulfide) groups is 1. The Morgan fingerprint density at radius 1 is 1.40 bits per heavy atom. The van der Waals surface area contributed by atoms with Crippen LogP contribution >= 0.6 is 11.8 Å². The van der Waals surface area contributed by atoms with Crippen LogP contribution in [0.2, 0.25) is 0 Å². The third-order valence-corrected chi connectivity index (χ3v) is 4.99. The summed E-state index contributed by atoms with van der Waals surface area (Å²) in [4.78, 5) is 23.3. The SMILES string of the molecule is CC(C)CCSCC(=O)NC1(C)CCCCC1C(=O)O. The first-order valence-electron chi connectivity index (χ1n) is 7.46. The molecule has 0 aromatic heterocycles. The van der Waals surface area contributed by atoms with Crippen LogP contribution in [0.1, 0.15) is 52.9 Å². The van der Waals surface area contributed by atoms with E-state index in [4.69, 9.17) is 0 Å². The van der Waals surface area contributed by atoms with Gasteiger partial charge in [-0.15, -0.1) is 0 Å². The third kappa shape index (κ3) is 5.35. The van der Waals surface area contributed by atoms with Gasteiger partial charge in [-0.05, 0) is 37.9 Å². The van der Waals surface area contributed by atoms with Gasteiger partial charge in [-0.3, -0.25) is 9.59 Å². The Morgan fingerprint density at radius 2 is 2.10 bits per heavy atom. The quantitative estimate of drug-likeness (QED) is 0.710. The lowest BCUT2D eigenvalue weighted by Gasteiger charge is -2.39. The second kappa shape index (κ2) is 7.91. The van der Waals surface area contributed by atoms with Crippen molar-refractivity contribution in [3.63, 3.8) is 0 Å². The number of carboxylic acids is 1. The van der Waals surface area contributed by atoms with Gasteiger partial charge in [0.1, 0.15) is 0 Å². The molecule has 0 spiro atoms. The summed E-state index contributed by atoms with van der Waals surface area (Å²) in [7, 11) is 0. The van der Waals surface area contributed by atoms with Crippen molar-refractivity contribution in [3.8, 4) is 0 Å². The molecule has 0 saturated heterocycles. The molecule has 1 aliphatic carbocycles. The molecule has 1 amide bonds. The molecule has 20 heavy (non-hydrogen) atoms. The zero-order valence-corrected chi connectivity index (χ0v) is 13.6. The maximum Gasteiger partial charge on any atom is 0.308 e. The number of nitrogens with one attached hydrogen (secondary N) is 1. The highest BCUT2D eigenvalue weighted by Crippen LogP contribution is 2.33. The summed E-state index contributed by atoms with van der Waals surface area (Å²) in [6.07, 6.45) is 4.44. The number of hydrogen-bond donors (Lipinski definition) is 2. The average molecular weight is 301 g/mol. The van der Waals surface area contributed by atoms with E-state index in [0.717, 1.165) is 31.4 Å². The summed E-state index contributed by atoms with van der Waals surface area (Å²) in [6.45, 7) is 6.21. The van der Waals surface area contributed by atoms with Crippen molar-refractivity contribution in [2.24, 2.45) is 11.8 Å². The first kappa shape index (κ1) is 17.3. The van der Waals surface area contributed by atoms with Gasteiger partial charge in [0.15, 0.2) is 0 Å². The third-order valence-electron chi connectivity index (χ3n) is 4.00. The zero-order valence-electron chi connectivity index (χ0n) is 12.8. The van der Waals surface area contributed by atoms with Crippen LogP contribution in [0.15, 0.2) is 0 Å². The van der Waals surface area contributed by atoms with Crippen molar-refractivity contribution >= 4 is 23.6 Å². The van der Waals surface area contributed by atoms with Crippen LogP contribution in [0, 0.1) is 11.8 Å². The topological polar surface area (TPSA) is 66.4 Å². The number of rotatable bonds is 7. The van der Waals surface area contributed by atoms with E-state index in [-0.39, 0.29) is 5.91 Å². The lowest BCUT2D eigenvalue weighted by molar-refractivity contribution is -0.146. The fraction of sp³-hybridized carbons (Fsp3) is 0.867. The van der Waals surface area contributed by atoms with E-state index in [2.05, 4.69) is 19.2 Å². The molecule has 2 N–H and O–H groups in total. The van der Waals surface area contributed by atoms with E-state index in [9.17, 15) is 14.7 Å². The van der Waals surface area contributed by atoms with Crippen molar-refractivity contribution < 1.29 is 14.7 Å². The Morgan fingerprint density at radius 3 is 2.70 bits per heavy atom. The monoisotopic (exact) mass is 301 g/mol. The molecule has 116 valence electrons. The number of carbonyl (C=O) groups excluding carboxylic acids is 1. The van der Waals surface area contributed by atoms with E-state index in [0.29, 0.717) is 18.1 Å². The molecule has 4 nitrogen and oxygen atoms in total. The van der Waals surface area contributed by atoms with Gasteiger partial charge in [0, 0.05) is 0 Å². The van der Waals surface area contributed by atoms with Crippen molar-refractivity contribution in [2.75, 3.05) is 11.5 Å². The smallest absolute Gasteiger partial charge is 0.308 e. The first-order valence-corrected chi connectivity index (χ1v) is 8.62. The minimum Gasteiger partial charge on any atom is -0.481 e. The van der Waals surface area contributed by atoms with Gasteiger partial charge in [0.05, 0.1) is 17.2 Å². The van der Waals surface area contributed by atoms with E-state index >= 15 is 0 Å². The van der Waals surface area contributed by atoms with Crippen molar-refractivity contribution in [3.05, 3.63) is 0 Å².